The molecule has 1 aliphatic rings. The lowest BCUT2D eigenvalue weighted by molar-refractivity contribution is -0.121. The minimum absolute atomic E-state index is 0.133. The molecule has 0 saturated carbocycles. The van der Waals surface area contributed by atoms with Crippen LogP contribution in [0.25, 0.3) is 0 Å². The summed E-state index contributed by atoms with van der Waals surface area (Å²) in [5.74, 6) is 1.99. The molecule has 0 aromatic heterocycles. The molecule has 26 heavy (non-hydrogen) atoms. The molecule has 1 amide bonds. The molecule has 0 saturated heterocycles. The molecule has 0 fully saturated rings. The lowest BCUT2D eigenvalue weighted by Gasteiger charge is -2.21. The average molecular weight is 368 g/mol. The summed E-state index contributed by atoms with van der Waals surface area (Å²) in [6.45, 7) is 2.15. The Morgan fingerprint density at radius 1 is 1.08 bits per heavy atom. The van der Waals surface area contributed by atoms with Gasteiger partial charge in [0, 0.05) is 17.9 Å². The van der Waals surface area contributed by atoms with Crippen LogP contribution in [0.4, 0.5) is 0 Å². The number of aryl methyl sites for hydroxylation is 2. The van der Waals surface area contributed by atoms with Gasteiger partial charge >= 0.3 is 0 Å². The summed E-state index contributed by atoms with van der Waals surface area (Å²) >= 11 is 1.82. The van der Waals surface area contributed by atoms with E-state index in [0.29, 0.717) is 6.42 Å². The van der Waals surface area contributed by atoms with Crippen molar-refractivity contribution >= 4 is 17.7 Å². The summed E-state index contributed by atoms with van der Waals surface area (Å²) in [5, 5.41) is 3.24. The molecule has 0 aliphatic heterocycles. The highest BCUT2D eigenvalue weighted by molar-refractivity contribution is 7.98. The van der Waals surface area contributed by atoms with Crippen LogP contribution < -0.4 is 5.32 Å². The highest BCUT2D eigenvalue weighted by atomic mass is 32.2. The third kappa shape index (κ3) is 5.38. The van der Waals surface area contributed by atoms with Gasteiger partial charge in [-0.2, -0.15) is 11.8 Å². The first-order chi connectivity index (χ1) is 12.8. The van der Waals surface area contributed by atoms with Gasteiger partial charge < -0.3 is 5.32 Å². The Hall–Kier alpha value is -1.74. The number of fused-ring (bicyclic) bond motifs is 1. The van der Waals surface area contributed by atoms with Crippen LogP contribution in [0.1, 0.15) is 60.9 Å². The van der Waals surface area contributed by atoms with Crippen molar-refractivity contribution in [2.75, 3.05) is 5.75 Å². The van der Waals surface area contributed by atoms with E-state index in [1.54, 1.807) is 0 Å². The van der Waals surface area contributed by atoms with Crippen LogP contribution in [-0.2, 0) is 23.4 Å². The van der Waals surface area contributed by atoms with Gasteiger partial charge in [-0.1, -0.05) is 55.5 Å². The van der Waals surface area contributed by atoms with Crippen molar-refractivity contribution in [1.29, 1.82) is 0 Å². The van der Waals surface area contributed by atoms with Gasteiger partial charge in [-0.05, 0) is 54.4 Å². The summed E-state index contributed by atoms with van der Waals surface area (Å²) in [6, 6.07) is 17.4. The lowest BCUT2D eigenvalue weighted by atomic mass is 9.89. The average Bonchev–Trinajstić information content (AvgIpc) is 2.70. The fraction of sp³-hybridized carbons (Fsp3) is 0.435. The van der Waals surface area contributed by atoms with Crippen molar-refractivity contribution in [3.63, 3.8) is 0 Å². The third-order valence-electron chi connectivity index (χ3n) is 5.10. The maximum Gasteiger partial charge on any atom is 0.221 e. The molecule has 2 nitrogen and oxygen atoms in total. The molecule has 1 N–H and O–H groups in total. The predicted molar refractivity (Wildman–Crippen MR) is 111 cm³/mol. The van der Waals surface area contributed by atoms with Gasteiger partial charge in [-0.3, -0.25) is 4.79 Å². The summed E-state index contributed by atoms with van der Waals surface area (Å²) in [6.07, 6.45) is 6.50. The molecule has 3 rings (SSSR count). The van der Waals surface area contributed by atoms with E-state index in [-0.39, 0.29) is 11.9 Å². The number of hydrogen-bond donors (Lipinski definition) is 1. The minimum Gasteiger partial charge on any atom is -0.349 e. The Morgan fingerprint density at radius 3 is 2.62 bits per heavy atom. The van der Waals surface area contributed by atoms with E-state index in [1.165, 1.54) is 47.9 Å². The molecule has 3 heteroatoms. The number of thioether (sulfide) groups is 1. The van der Waals surface area contributed by atoms with Gasteiger partial charge in [0.05, 0.1) is 6.04 Å². The molecule has 1 aliphatic carbocycles. The number of nitrogens with one attached hydrogen (secondary N) is 1. The highest BCUT2D eigenvalue weighted by Crippen LogP contribution is 2.26. The summed E-state index contributed by atoms with van der Waals surface area (Å²) < 4.78 is 0. The highest BCUT2D eigenvalue weighted by Gasteiger charge is 2.16. The molecule has 2 aromatic carbocycles. The predicted octanol–water partition coefficient (Wildman–Crippen LogP) is 5.46. The number of hydrogen-bond acceptors (Lipinski definition) is 2. The first kappa shape index (κ1) is 19.0. The van der Waals surface area contributed by atoms with Gasteiger partial charge in [0.2, 0.25) is 5.91 Å². The molecule has 0 spiro atoms. The van der Waals surface area contributed by atoms with Crippen molar-refractivity contribution in [3.05, 3.63) is 70.8 Å². The quantitative estimate of drug-likeness (QED) is 0.628. The van der Waals surface area contributed by atoms with E-state index in [2.05, 4.69) is 54.7 Å². The molecule has 0 radical (unpaired) electrons. The third-order valence-corrected chi connectivity index (χ3v) is 6.13. The van der Waals surface area contributed by atoms with Gasteiger partial charge in [-0.25, -0.2) is 0 Å². The smallest absolute Gasteiger partial charge is 0.221 e. The largest absolute Gasteiger partial charge is 0.349 e. The maximum absolute atomic E-state index is 12.4. The maximum atomic E-state index is 12.4. The van der Waals surface area contributed by atoms with Gasteiger partial charge in [0.15, 0.2) is 0 Å². The van der Waals surface area contributed by atoms with Gasteiger partial charge in [0.1, 0.15) is 0 Å². The zero-order valence-electron chi connectivity index (χ0n) is 15.7. The number of carbonyl (C=O) groups excluding carboxylic acids is 1. The monoisotopic (exact) mass is 367 g/mol. The second-order valence-corrected chi connectivity index (χ2v) is 8.16. The van der Waals surface area contributed by atoms with E-state index in [0.717, 1.165) is 17.9 Å². The Balaban J connectivity index is 1.47. The van der Waals surface area contributed by atoms with Gasteiger partial charge in [0.25, 0.3) is 0 Å². The van der Waals surface area contributed by atoms with Crippen LogP contribution in [0.5, 0.6) is 0 Å². The second kappa shape index (κ2) is 9.82. The van der Waals surface area contributed by atoms with Crippen molar-refractivity contribution in [2.24, 2.45) is 0 Å². The topological polar surface area (TPSA) is 29.1 Å². The summed E-state index contributed by atoms with van der Waals surface area (Å²) in [7, 11) is 0. The molecule has 0 heterocycles. The van der Waals surface area contributed by atoms with E-state index in [4.69, 9.17) is 0 Å². The summed E-state index contributed by atoms with van der Waals surface area (Å²) in [4.78, 5) is 12.4. The lowest BCUT2D eigenvalue weighted by Crippen LogP contribution is -2.28. The van der Waals surface area contributed by atoms with Crippen LogP contribution in [0.15, 0.2) is 48.5 Å². The van der Waals surface area contributed by atoms with E-state index < -0.39 is 0 Å². The molecule has 0 unspecified atom stereocenters. The first-order valence-corrected chi connectivity index (χ1v) is 10.9. The molecule has 1 atom stereocenters. The Labute approximate surface area is 161 Å². The van der Waals surface area contributed by atoms with Gasteiger partial charge in [-0.15, -0.1) is 0 Å². The molecule has 0 bridgehead atoms. The number of benzene rings is 2. The van der Waals surface area contributed by atoms with E-state index >= 15 is 0 Å². The molecule has 2 aromatic rings. The van der Waals surface area contributed by atoms with Crippen molar-refractivity contribution in [3.8, 4) is 0 Å². The van der Waals surface area contributed by atoms with Crippen molar-refractivity contribution in [1.82, 2.24) is 5.32 Å². The number of amides is 1. The molecular formula is C23H29NOS. The summed E-state index contributed by atoms with van der Waals surface area (Å²) in [5.41, 5.74) is 5.56. The normalized spacial score (nSPS) is 14.5. The number of carbonyl (C=O) groups is 1. The molecular weight excluding hydrogens is 338 g/mol. The first-order valence-electron chi connectivity index (χ1n) is 9.79. The van der Waals surface area contributed by atoms with Crippen LogP contribution in [0.3, 0.4) is 0 Å². The van der Waals surface area contributed by atoms with Crippen molar-refractivity contribution < 1.29 is 4.79 Å². The Morgan fingerprint density at radius 2 is 1.85 bits per heavy atom. The minimum atomic E-state index is 0.133. The van der Waals surface area contributed by atoms with E-state index in [1.807, 2.05) is 17.8 Å². The Bertz CT molecular complexity index is 713. The van der Waals surface area contributed by atoms with Crippen molar-refractivity contribution in [2.45, 2.75) is 57.2 Å². The fourth-order valence-corrected chi connectivity index (χ4v) is 4.49. The van der Waals surface area contributed by atoms with Crippen LogP contribution >= 0.6 is 11.8 Å². The number of rotatable bonds is 8. The second-order valence-electron chi connectivity index (χ2n) is 7.05. The van der Waals surface area contributed by atoms with Crippen LogP contribution in [0.2, 0.25) is 0 Å². The standard InChI is InChI=1S/C23H29NOS/c1-2-22(21-13-12-19-10-6-7-11-20(19)16-21)24-23(25)14-15-26-17-18-8-4-3-5-9-18/h3-5,8-9,12-13,16,22H,2,6-7,10-11,14-15,17H2,1H3,(H,24,25)/t22-/m0/s1. The zero-order chi connectivity index (χ0) is 18.2. The SMILES string of the molecule is CC[C@H](NC(=O)CCSCc1ccccc1)c1ccc2c(c1)CCCC2. The van der Waals surface area contributed by atoms with Crippen LogP contribution in [-0.4, -0.2) is 11.7 Å². The van der Waals surface area contributed by atoms with E-state index in [9.17, 15) is 4.79 Å². The van der Waals surface area contributed by atoms with Crippen LogP contribution in [0, 0.1) is 0 Å². The fourth-order valence-electron chi connectivity index (χ4n) is 3.59. The molecule has 138 valence electrons. The zero-order valence-corrected chi connectivity index (χ0v) is 16.5. The Kier molecular flexibility index (Phi) is 7.19.